The van der Waals surface area contributed by atoms with Gasteiger partial charge in [-0.2, -0.15) is 13.2 Å². The van der Waals surface area contributed by atoms with Crippen molar-refractivity contribution in [2.24, 2.45) is 5.92 Å². The summed E-state index contributed by atoms with van der Waals surface area (Å²) < 4.78 is 56.3. The molecule has 2 aliphatic heterocycles. The zero-order valence-corrected chi connectivity index (χ0v) is 21.1. The highest BCUT2D eigenvalue weighted by Gasteiger charge is 2.30. The second-order valence-corrected chi connectivity index (χ2v) is 9.29. The lowest BCUT2D eigenvalue weighted by Gasteiger charge is -2.32. The summed E-state index contributed by atoms with van der Waals surface area (Å²) in [4.78, 5) is 34.1. The van der Waals surface area contributed by atoms with Crippen LogP contribution in [-0.4, -0.2) is 59.0 Å². The Hall–Kier alpha value is -4.36. The fourth-order valence-electron chi connectivity index (χ4n) is 3.93. The van der Waals surface area contributed by atoms with Crippen LogP contribution in [0, 0.1) is 11.7 Å². The molecule has 4 rings (SSSR count). The van der Waals surface area contributed by atoms with Gasteiger partial charge in [0.15, 0.2) is 17.5 Å². The van der Waals surface area contributed by atoms with Crippen LogP contribution in [0.4, 0.5) is 38.7 Å². The monoisotopic (exact) mass is 549 g/mol. The Labute approximate surface area is 221 Å². The molecule has 1 aromatic heterocycles. The van der Waals surface area contributed by atoms with Gasteiger partial charge in [0.25, 0.3) is 0 Å². The number of hydrogen-bond donors (Lipinski definition) is 4. The Balaban J connectivity index is 1.42. The van der Waals surface area contributed by atoms with Crippen molar-refractivity contribution >= 4 is 34.9 Å². The van der Waals surface area contributed by atoms with Crippen LogP contribution in [0.25, 0.3) is 11.3 Å². The number of hydrogen-bond acceptors (Lipinski definition) is 7. The molecule has 39 heavy (non-hydrogen) atoms. The lowest BCUT2D eigenvalue weighted by atomic mass is 10.0. The van der Waals surface area contributed by atoms with Crippen molar-refractivity contribution < 1.29 is 31.9 Å². The number of benzene rings is 1. The van der Waals surface area contributed by atoms with Gasteiger partial charge in [0.2, 0.25) is 0 Å². The zero-order valence-electron chi connectivity index (χ0n) is 21.1. The number of aromatic nitrogens is 2. The first-order chi connectivity index (χ1) is 18.5. The Bertz CT molecular complexity index is 1300. The first-order valence-electron chi connectivity index (χ1n) is 12.1. The van der Waals surface area contributed by atoms with Crippen molar-refractivity contribution in [2.75, 3.05) is 30.3 Å². The third-order valence-electron chi connectivity index (χ3n) is 5.68. The van der Waals surface area contributed by atoms with Crippen molar-refractivity contribution in [1.29, 1.82) is 0 Å². The summed E-state index contributed by atoms with van der Waals surface area (Å²) in [5.41, 5.74) is 2.62. The van der Waals surface area contributed by atoms with Crippen LogP contribution in [0.1, 0.15) is 31.7 Å². The number of anilines is 2. The average Bonchev–Trinajstić information content (AvgIpc) is 3.31. The summed E-state index contributed by atoms with van der Waals surface area (Å²) in [6.07, 6.45) is -0.414. The van der Waals surface area contributed by atoms with E-state index in [1.54, 1.807) is 29.7 Å². The Morgan fingerprint density at radius 3 is 2.79 bits per heavy atom. The topological polar surface area (TPSA) is 121 Å². The van der Waals surface area contributed by atoms with E-state index in [2.05, 4.69) is 30.8 Å². The zero-order chi connectivity index (χ0) is 28.2. The van der Waals surface area contributed by atoms with Gasteiger partial charge < -0.3 is 25.6 Å². The number of carbonyl (C=O) groups is 2. The minimum Gasteiger partial charge on any atom is -0.449 e. The van der Waals surface area contributed by atoms with Crippen LogP contribution in [-0.2, 0) is 4.74 Å². The van der Waals surface area contributed by atoms with Crippen molar-refractivity contribution in [3.63, 3.8) is 0 Å². The van der Waals surface area contributed by atoms with Gasteiger partial charge in [-0.25, -0.2) is 23.9 Å². The second-order valence-electron chi connectivity index (χ2n) is 9.29. The maximum atomic E-state index is 14.2. The normalized spacial score (nSPS) is 16.6. The largest absolute Gasteiger partial charge is 0.449 e. The van der Waals surface area contributed by atoms with Crippen LogP contribution in [0.2, 0.25) is 0 Å². The second kappa shape index (κ2) is 11.6. The Kier molecular flexibility index (Phi) is 8.21. The molecule has 2 aromatic rings. The van der Waals surface area contributed by atoms with Crippen LogP contribution in [0.3, 0.4) is 0 Å². The number of nitrogens with zero attached hydrogens (tertiary/aromatic N) is 3. The summed E-state index contributed by atoms with van der Waals surface area (Å²) in [7, 11) is 0. The van der Waals surface area contributed by atoms with Gasteiger partial charge in [0.1, 0.15) is 12.7 Å². The summed E-state index contributed by atoms with van der Waals surface area (Å²) in [6, 6.07) is 5.75. The number of halogens is 4. The number of ether oxygens (including phenoxy) is 1. The maximum absolute atomic E-state index is 14.2. The van der Waals surface area contributed by atoms with E-state index in [1.807, 2.05) is 26.0 Å². The summed E-state index contributed by atoms with van der Waals surface area (Å²) in [5.74, 6) is -0.682. The molecule has 10 nitrogen and oxygen atoms in total. The van der Waals surface area contributed by atoms with Crippen molar-refractivity contribution in [3.8, 4) is 0 Å². The molecule has 14 heteroatoms. The molecule has 4 N–H and O–H groups in total. The minimum atomic E-state index is -4.51. The molecule has 0 spiro atoms. The van der Waals surface area contributed by atoms with E-state index in [0.29, 0.717) is 18.7 Å². The van der Waals surface area contributed by atoms with E-state index in [-0.39, 0.29) is 30.3 Å². The highest BCUT2D eigenvalue weighted by molar-refractivity contribution is 5.90. The molecule has 1 atom stereocenters. The SMILES string of the molecule is CC(C)COC(=O)Nc1nc(C2=CC3NC=C(c4cccc(NC(=O)NCC(F)(F)F)c4)N3CC2)ncc1F. The number of carbonyl (C=O) groups excluding carboxylic acids is 2. The van der Waals surface area contributed by atoms with Crippen molar-refractivity contribution in [1.82, 2.24) is 25.5 Å². The summed E-state index contributed by atoms with van der Waals surface area (Å²) in [6.45, 7) is 3.04. The number of rotatable bonds is 7. The first-order valence-corrected chi connectivity index (χ1v) is 12.1. The molecule has 0 fully saturated rings. The van der Waals surface area contributed by atoms with E-state index in [1.165, 1.54) is 0 Å². The predicted octanol–water partition coefficient (Wildman–Crippen LogP) is 4.52. The molecular weight excluding hydrogens is 522 g/mol. The smallest absolute Gasteiger partial charge is 0.412 e. The van der Waals surface area contributed by atoms with Gasteiger partial charge in [-0.15, -0.1) is 0 Å². The van der Waals surface area contributed by atoms with Crippen molar-refractivity contribution in [3.05, 3.63) is 59.9 Å². The molecule has 1 aromatic carbocycles. The Morgan fingerprint density at radius 1 is 1.26 bits per heavy atom. The molecule has 2 aliphatic rings. The number of fused-ring (bicyclic) bond motifs is 1. The van der Waals surface area contributed by atoms with E-state index < -0.39 is 30.7 Å². The van der Waals surface area contributed by atoms with Gasteiger partial charge in [0, 0.05) is 24.0 Å². The van der Waals surface area contributed by atoms with E-state index in [0.717, 1.165) is 23.0 Å². The van der Waals surface area contributed by atoms with E-state index in [4.69, 9.17) is 4.74 Å². The van der Waals surface area contributed by atoms with Gasteiger partial charge in [0.05, 0.1) is 18.5 Å². The number of amides is 3. The lowest BCUT2D eigenvalue weighted by molar-refractivity contribution is -0.122. The van der Waals surface area contributed by atoms with E-state index >= 15 is 0 Å². The first kappa shape index (κ1) is 27.7. The summed E-state index contributed by atoms with van der Waals surface area (Å²) in [5, 5.41) is 9.72. The van der Waals surface area contributed by atoms with Gasteiger partial charge in [-0.05, 0) is 36.1 Å². The molecule has 0 aliphatic carbocycles. The number of nitrogens with one attached hydrogen (secondary N) is 4. The summed E-state index contributed by atoms with van der Waals surface area (Å²) >= 11 is 0. The molecule has 208 valence electrons. The molecule has 0 bridgehead atoms. The molecule has 1 unspecified atom stereocenters. The third kappa shape index (κ3) is 7.36. The highest BCUT2D eigenvalue weighted by atomic mass is 19.4. The predicted molar refractivity (Wildman–Crippen MR) is 136 cm³/mol. The lowest BCUT2D eigenvalue weighted by Crippen LogP contribution is -2.38. The minimum absolute atomic E-state index is 0.121. The standard InChI is InChI=1S/C25H27F4N7O3/c1-14(2)12-39-24(38)35-22-18(26)10-31-21(34-22)16-6-7-36-19(11-30-20(36)9-16)15-4-3-5-17(8-15)33-23(37)32-13-25(27,28)29/h3-5,8-11,14,20,30H,6-7,12-13H2,1-2H3,(H2,32,33,37)(H,31,34,35,38). The van der Waals surface area contributed by atoms with Crippen LogP contribution in [0.5, 0.6) is 0 Å². The van der Waals surface area contributed by atoms with Gasteiger partial charge in [-0.1, -0.05) is 26.0 Å². The third-order valence-corrected chi connectivity index (χ3v) is 5.68. The highest BCUT2D eigenvalue weighted by Crippen LogP contribution is 2.33. The van der Waals surface area contributed by atoms with Crippen LogP contribution < -0.4 is 21.3 Å². The number of urea groups is 1. The quantitative estimate of drug-likeness (QED) is 0.375. The maximum Gasteiger partial charge on any atom is 0.412 e. The molecule has 0 saturated heterocycles. The number of alkyl halides is 3. The van der Waals surface area contributed by atoms with Crippen LogP contribution >= 0.6 is 0 Å². The Morgan fingerprint density at radius 2 is 2.05 bits per heavy atom. The van der Waals surface area contributed by atoms with Crippen LogP contribution in [0.15, 0.2) is 42.7 Å². The average molecular weight is 550 g/mol. The molecule has 0 radical (unpaired) electrons. The van der Waals surface area contributed by atoms with E-state index in [9.17, 15) is 27.2 Å². The molecule has 3 heterocycles. The molecule has 3 amide bonds. The fraction of sp³-hybridized carbons (Fsp3) is 0.360. The van der Waals surface area contributed by atoms with Gasteiger partial charge >= 0.3 is 18.3 Å². The molecule has 0 saturated carbocycles. The van der Waals surface area contributed by atoms with Gasteiger partial charge in [-0.3, -0.25) is 5.32 Å². The van der Waals surface area contributed by atoms with Crippen molar-refractivity contribution in [2.45, 2.75) is 32.6 Å². The molecular formula is C25H27F4N7O3. The fourth-order valence-corrected chi connectivity index (χ4v) is 3.93.